The van der Waals surface area contributed by atoms with Crippen LogP contribution >= 0.6 is 23.2 Å². The minimum atomic E-state index is -0.449. The lowest BCUT2D eigenvalue weighted by atomic mass is 10.1. The minimum absolute atomic E-state index is 0.0513. The molecule has 5 heteroatoms. The van der Waals surface area contributed by atoms with E-state index in [1.165, 1.54) is 0 Å². The molecule has 1 aliphatic heterocycles. The van der Waals surface area contributed by atoms with Crippen LogP contribution in [0, 0.1) is 0 Å². The molecule has 0 aliphatic carbocycles. The van der Waals surface area contributed by atoms with Crippen LogP contribution in [-0.4, -0.2) is 18.5 Å². The van der Waals surface area contributed by atoms with E-state index in [1.807, 2.05) is 13.0 Å². The second kappa shape index (κ2) is 4.84. The number of nitrogens with two attached hydrogens (primary N) is 1. The van der Waals surface area contributed by atoms with Crippen LogP contribution in [0.2, 0.25) is 10.0 Å². The van der Waals surface area contributed by atoms with E-state index in [-0.39, 0.29) is 5.91 Å². The summed E-state index contributed by atoms with van der Waals surface area (Å²) in [4.78, 5) is 13.8. The highest BCUT2D eigenvalue weighted by Gasteiger charge is 2.29. The van der Waals surface area contributed by atoms with Crippen molar-refractivity contribution in [3.63, 3.8) is 0 Å². The van der Waals surface area contributed by atoms with Crippen molar-refractivity contribution in [2.45, 2.75) is 25.8 Å². The van der Waals surface area contributed by atoms with Crippen LogP contribution in [0.4, 0.5) is 5.69 Å². The van der Waals surface area contributed by atoms with Gasteiger partial charge in [0.15, 0.2) is 0 Å². The molecular formula is C12H14Cl2N2O. The van der Waals surface area contributed by atoms with Gasteiger partial charge in [0.1, 0.15) is 0 Å². The summed E-state index contributed by atoms with van der Waals surface area (Å²) in [6.07, 6.45) is 1.36. The first kappa shape index (κ1) is 12.7. The Kier molecular flexibility index (Phi) is 3.61. The summed E-state index contributed by atoms with van der Waals surface area (Å²) < 4.78 is 0. The molecule has 1 aromatic carbocycles. The minimum Gasteiger partial charge on any atom is -0.320 e. The van der Waals surface area contributed by atoms with Crippen LogP contribution in [0.15, 0.2) is 12.1 Å². The molecule has 1 heterocycles. The lowest BCUT2D eigenvalue weighted by molar-refractivity contribution is -0.119. The highest BCUT2D eigenvalue weighted by atomic mass is 35.5. The van der Waals surface area contributed by atoms with Gasteiger partial charge in [0.05, 0.1) is 16.1 Å². The van der Waals surface area contributed by atoms with Crippen molar-refractivity contribution >= 4 is 34.8 Å². The average Bonchev–Trinajstić information content (AvgIpc) is 2.76. The van der Waals surface area contributed by atoms with Gasteiger partial charge in [-0.15, -0.1) is 0 Å². The fraction of sp³-hybridized carbons (Fsp3) is 0.417. The molecular weight excluding hydrogens is 259 g/mol. The molecule has 0 fully saturated rings. The highest BCUT2D eigenvalue weighted by Crippen LogP contribution is 2.37. The zero-order chi connectivity index (χ0) is 12.6. The standard InChI is InChI=1S/C12H14Cl2N2O/c1-2-9(15)12(17)16-6-5-7-10(16)4-3-8(13)11(7)14/h3-4,9H,2,5-6,15H2,1H3/t9-/m0/s1. The average molecular weight is 273 g/mol. The molecule has 0 aromatic heterocycles. The maximum atomic E-state index is 12.1. The number of carbonyl (C=O) groups excluding carboxylic acids is 1. The largest absolute Gasteiger partial charge is 0.320 e. The molecule has 0 unspecified atom stereocenters. The van der Waals surface area contributed by atoms with Gasteiger partial charge in [-0.2, -0.15) is 0 Å². The number of rotatable bonds is 2. The summed E-state index contributed by atoms with van der Waals surface area (Å²) in [5.41, 5.74) is 7.55. The van der Waals surface area contributed by atoms with E-state index in [0.717, 1.165) is 17.7 Å². The predicted octanol–water partition coefficient (Wildman–Crippen LogP) is 2.62. The molecule has 1 atom stereocenters. The molecule has 1 aliphatic rings. The van der Waals surface area contributed by atoms with Crippen molar-refractivity contribution in [1.29, 1.82) is 0 Å². The maximum Gasteiger partial charge on any atom is 0.243 e. The molecule has 17 heavy (non-hydrogen) atoms. The van der Waals surface area contributed by atoms with Gasteiger partial charge in [0.25, 0.3) is 0 Å². The van der Waals surface area contributed by atoms with E-state index in [2.05, 4.69) is 0 Å². The zero-order valence-corrected chi connectivity index (χ0v) is 11.1. The summed E-state index contributed by atoms with van der Waals surface area (Å²) in [6.45, 7) is 2.52. The molecule has 1 aromatic rings. The van der Waals surface area contributed by atoms with Gasteiger partial charge in [-0.1, -0.05) is 30.1 Å². The summed E-state index contributed by atoms with van der Waals surface area (Å²) in [5, 5.41) is 1.07. The lowest BCUT2D eigenvalue weighted by Gasteiger charge is -2.21. The normalized spacial score (nSPS) is 15.9. The van der Waals surface area contributed by atoms with Gasteiger partial charge >= 0.3 is 0 Å². The Bertz CT molecular complexity index is 462. The summed E-state index contributed by atoms with van der Waals surface area (Å²) in [7, 11) is 0. The highest BCUT2D eigenvalue weighted by molar-refractivity contribution is 6.42. The molecule has 1 amide bonds. The van der Waals surface area contributed by atoms with Crippen molar-refractivity contribution in [3.05, 3.63) is 27.7 Å². The third-order valence-electron chi connectivity index (χ3n) is 3.07. The molecule has 3 nitrogen and oxygen atoms in total. The smallest absolute Gasteiger partial charge is 0.243 e. The number of halogens is 2. The number of amides is 1. The third kappa shape index (κ3) is 2.15. The molecule has 0 spiro atoms. The number of anilines is 1. The van der Waals surface area contributed by atoms with E-state index in [4.69, 9.17) is 28.9 Å². The monoisotopic (exact) mass is 272 g/mol. The first-order chi connectivity index (χ1) is 8.06. The van der Waals surface area contributed by atoms with Gasteiger partial charge in [0.2, 0.25) is 5.91 Å². The second-order valence-corrected chi connectivity index (χ2v) is 4.90. The lowest BCUT2D eigenvalue weighted by Crippen LogP contribution is -2.42. The van der Waals surface area contributed by atoms with Gasteiger partial charge in [-0.05, 0) is 30.5 Å². The quantitative estimate of drug-likeness (QED) is 0.900. The summed E-state index contributed by atoms with van der Waals surface area (Å²) >= 11 is 12.1. The van der Waals surface area contributed by atoms with E-state index in [0.29, 0.717) is 23.0 Å². The van der Waals surface area contributed by atoms with Crippen LogP contribution in [0.1, 0.15) is 18.9 Å². The number of hydrogen-bond donors (Lipinski definition) is 1. The Labute approximate surface area is 110 Å². The molecule has 2 N–H and O–H groups in total. The van der Waals surface area contributed by atoms with Gasteiger partial charge < -0.3 is 10.6 Å². The number of nitrogens with zero attached hydrogens (tertiary/aromatic N) is 1. The van der Waals surface area contributed by atoms with Crippen LogP contribution in [0.25, 0.3) is 0 Å². The number of benzene rings is 1. The van der Waals surface area contributed by atoms with Crippen LogP contribution in [0.5, 0.6) is 0 Å². The molecule has 0 radical (unpaired) electrons. The second-order valence-electron chi connectivity index (χ2n) is 4.11. The van der Waals surface area contributed by atoms with Crippen molar-refractivity contribution in [3.8, 4) is 0 Å². The number of hydrogen-bond acceptors (Lipinski definition) is 2. The number of fused-ring (bicyclic) bond motifs is 1. The zero-order valence-electron chi connectivity index (χ0n) is 9.54. The van der Waals surface area contributed by atoms with E-state index >= 15 is 0 Å². The van der Waals surface area contributed by atoms with Crippen molar-refractivity contribution < 1.29 is 4.79 Å². The summed E-state index contributed by atoms with van der Waals surface area (Å²) in [5.74, 6) is -0.0513. The third-order valence-corrected chi connectivity index (χ3v) is 3.91. The SMILES string of the molecule is CC[C@H](N)C(=O)N1CCc2c1ccc(Cl)c2Cl. The molecule has 0 saturated heterocycles. The van der Waals surface area contributed by atoms with Crippen LogP contribution in [0.3, 0.4) is 0 Å². The summed E-state index contributed by atoms with van der Waals surface area (Å²) in [6, 6.07) is 3.10. The molecule has 2 rings (SSSR count). The Balaban J connectivity index is 2.35. The van der Waals surface area contributed by atoms with E-state index in [9.17, 15) is 4.79 Å². The maximum absolute atomic E-state index is 12.1. The van der Waals surface area contributed by atoms with Crippen molar-refractivity contribution in [2.75, 3.05) is 11.4 Å². The Morgan fingerprint density at radius 3 is 2.88 bits per heavy atom. The van der Waals surface area contributed by atoms with Crippen molar-refractivity contribution in [2.24, 2.45) is 5.73 Å². The van der Waals surface area contributed by atoms with Crippen LogP contribution in [-0.2, 0) is 11.2 Å². The first-order valence-electron chi connectivity index (χ1n) is 5.60. The number of carbonyl (C=O) groups is 1. The van der Waals surface area contributed by atoms with Crippen LogP contribution < -0.4 is 10.6 Å². The van der Waals surface area contributed by atoms with E-state index in [1.54, 1.807) is 11.0 Å². The Morgan fingerprint density at radius 2 is 2.24 bits per heavy atom. The first-order valence-corrected chi connectivity index (χ1v) is 6.35. The van der Waals surface area contributed by atoms with Gasteiger partial charge in [-0.3, -0.25) is 4.79 Å². The topological polar surface area (TPSA) is 46.3 Å². The molecule has 0 saturated carbocycles. The predicted molar refractivity (Wildman–Crippen MR) is 70.8 cm³/mol. The molecule has 92 valence electrons. The van der Waals surface area contributed by atoms with Gasteiger partial charge in [-0.25, -0.2) is 0 Å². The van der Waals surface area contributed by atoms with E-state index < -0.39 is 6.04 Å². The fourth-order valence-electron chi connectivity index (χ4n) is 2.02. The Morgan fingerprint density at radius 1 is 1.53 bits per heavy atom. The molecule has 0 bridgehead atoms. The van der Waals surface area contributed by atoms with Crippen molar-refractivity contribution in [1.82, 2.24) is 0 Å². The fourth-order valence-corrected chi connectivity index (χ4v) is 2.45. The Hall–Kier alpha value is -0.770. The van der Waals surface area contributed by atoms with Gasteiger partial charge in [0, 0.05) is 12.2 Å².